The highest BCUT2D eigenvalue weighted by molar-refractivity contribution is 6.44. The summed E-state index contributed by atoms with van der Waals surface area (Å²) in [5.41, 5.74) is 2.38. The molecule has 150 valence electrons. The summed E-state index contributed by atoms with van der Waals surface area (Å²) in [5, 5.41) is 6.29. The Kier molecular flexibility index (Phi) is 5.86. The number of hydrogen-bond acceptors (Lipinski definition) is 4. The Morgan fingerprint density at radius 3 is 2.40 bits per heavy atom. The Labute approximate surface area is 179 Å². The van der Waals surface area contributed by atoms with E-state index in [9.17, 15) is 9.59 Å². The second-order valence-electron chi connectivity index (χ2n) is 6.78. The van der Waals surface area contributed by atoms with Crippen LogP contribution in [0.15, 0.2) is 84.1 Å². The van der Waals surface area contributed by atoms with Crippen LogP contribution in [-0.2, 0) is 16.1 Å². The Balaban J connectivity index is 1.68. The number of carbonyl (C=O) groups is 2. The lowest BCUT2D eigenvalue weighted by Crippen LogP contribution is -2.41. The molecule has 0 spiro atoms. The van der Waals surface area contributed by atoms with Crippen molar-refractivity contribution >= 4 is 40.5 Å². The maximum absolute atomic E-state index is 13.5. The van der Waals surface area contributed by atoms with Gasteiger partial charge < -0.3 is 4.90 Å². The lowest BCUT2D eigenvalue weighted by Gasteiger charge is -2.27. The molecule has 0 aliphatic carbocycles. The zero-order valence-corrected chi connectivity index (χ0v) is 16.9. The van der Waals surface area contributed by atoms with E-state index < -0.39 is 0 Å². The first-order chi connectivity index (χ1) is 14.6. The molecule has 7 heteroatoms. The van der Waals surface area contributed by atoms with Gasteiger partial charge >= 0.3 is 0 Å². The van der Waals surface area contributed by atoms with Gasteiger partial charge in [0.2, 0.25) is 5.91 Å². The molecule has 0 saturated carbocycles. The van der Waals surface area contributed by atoms with Gasteiger partial charge in [0.25, 0.3) is 5.91 Å². The first kappa shape index (κ1) is 19.8. The van der Waals surface area contributed by atoms with E-state index in [-0.39, 0.29) is 31.2 Å². The molecule has 0 bridgehead atoms. The molecule has 1 aliphatic rings. The molecule has 0 unspecified atom stereocenters. The summed E-state index contributed by atoms with van der Waals surface area (Å²) in [6.07, 6.45) is 2.19. The monoisotopic (exact) mass is 418 g/mol. The molecule has 1 aromatic heterocycles. The number of anilines is 2. The third-order valence-electron chi connectivity index (χ3n) is 4.71. The van der Waals surface area contributed by atoms with Crippen molar-refractivity contribution in [3.63, 3.8) is 0 Å². The Morgan fingerprint density at radius 2 is 1.70 bits per heavy atom. The molecule has 0 fully saturated rings. The molecular weight excluding hydrogens is 400 g/mol. The average Bonchev–Trinajstić information content (AvgIpc) is 2.79. The number of rotatable bonds is 5. The molecule has 2 heterocycles. The quantitative estimate of drug-likeness (QED) is 0.614. The van der Waals surface area contributed by atoms with Crippen LogP contribution in [0.3, 0.4) is 0 Å². The maximum atomic E-state index is 13.5. The molecule has 2 aromatic carbocycles. The highest BCUT2D eigenvalue weighted by atomic mass is 35.5. The smallest absolute Gasteiger partial charge is 0.274 e. The average molecular weight is 419 g/mol. The van der Waals surface area contributed by atoms with Crippen LogP contribution < -0.4 is 9.91 Å². The highest BCUT2D eigenvalue weighted by Gasteiger charge is 2.29. The number of para-hydroxylation sites is 1. The fourth-order valence-electron chi connectivity index (χ4n) is 3.19. The number of benzene rings is 2. The van der Waals surface area contributed by atoms with E-state index in [1.807, 2.05) is 36.4 Å². The number of nitrogens with zero attached hydrogens (tertiary/aromatic N) is 4. The van der Waals surface area contributed by atoms with E-state index >= 15 is 0 Å². The van der Waals surface area contributed by atoms with Crippen LogP contribution >= 0.6 is 11.6 Å². The summed E-state index contributed by atoms with van der Waals surface area (Å²) in [6.45, 7) is 0.277. The third kappa shape index (κ3) is 4.39. The van der Waals surface area contributed by atoms with Crippen molar-refractivity contribution in [2.75, 3.05) is 9.91 Å². The molecule has 0 radical (unpaired) electrons. The van der Waals surface area contributed by atoms with Gasteiger partial charge in [-0.3, -0.25) is 14.6 Å². The van der Waals surface area contributed by atoms with Crippen molar-refractivity contribution < 1.29 is 9.59 Å². The van der Waals surface area contributed by atoms with E-state index in [1.54, 1.807) is 47.5 Å². The van der Waals surface area contributed by atoms with Crippen LogP contribution in [0, 0.1) is 0 Å². The summed E-state index contributed by atoms with van der Waals surface area (Å²) < 4.78 is 0. The molecule has 0 saturated heterocycles. The zero-order valence-electron chi connectivity index (χ0n) is 16.1. The predicted octanol–water partition coefficient (Wildman–Crippen LogP) is 4.45. The van der Waals surface area contributed by atoms with E-state index in [4.69, 9.17) is 11.6 Å². The normalized spacial score (nSPS) is 13.7. The molecular formula is C23H19ClN4O2. The van der Waals surface area contributed by atoms with Crippen molar-refractivity contribution in [2.24, 2.45) is 5.10 Å². The minimum atomic E-state index is -0.267. The minimum absolute atomic E-state index is 0.138. The van der Waals surface area contributed by atoms with E-state index in [0.717, 1.165) is 5.69 Å². The summed E-state index contributed by atoms with van der Waals surface area (Å²) in [5.74, 6) is -0.406. The first-order valence-corrected chi connectivity index (χ1v) is 9.92. The van der Waals surface area contributed by atoms with Gasteiger partial charge in [0.15, 0.2) is 0 Å². The second kappa shape index (κ2) is 8.88. The molecule has 3 aromatic rings. The number of pyridine rings is 1. The number of halogens is 1. The van der Waals surface area contributed by atoms with Gasteiger partial charge in [-0.15, -0.1) is 0 Å². The van der Waals surface area contributed by atoms with Crippen LogP contribution in [0.2, 0.25) is 5.02 Å². The van der Waals surface area contributed by atoms with Gasteiger partial charge in [0, 0.05) is 29.7 Å². The number of hydrazone groups is 1. The first-order valence-electron chi connectivity index (χ1n) is 9.54. The van der Waals surface area contributed by atoms with E-state index in [0.29, 0.717) is 22.1 Å². The topological polar surface area (TPSA) is 65.9 Å². The van der Waals surface area contributed by atoms with Crippen molar-refractivity contribution in [3.8, 4) is 0 Å². The molecule has 4 rings (SSSR count). The fraction of sp³-hybridized carbons (Fsp3) is 0.130. The van der Waals surface area contributed by atoms with Crippen LogP contribution in [0.25, 0.3) is 0 Å². The molecule has 1 aliphatic heterocycles. The van der Waals surface area contributed by atoms with Crippen LogP contribution in [0.5, 0.6) is 0 Å². The molecule has 2 amide bonds. The Bertz CT molecular complexity index is 1070. The van der Waals surface area contributed by atoms with Gasteiger partial charge in [0.05, 0.1) is 17.9 Å². The highest BCUT2D eigenvalue weighted by Crippen LogP contribution is 2.24. The summed E-state index contributed by atoms with van der Waals surface area (Å²) in [6, 6.07) is 21.7. The van der Waals surface area contributed by atoms with E-state index in [2.05, 4.69) is 10.1 Å². The molecule has 30 heavy (non-hydrogen) atoms. The summed E-state index contributed by atoms with van der Waals surface area (Å²) in [7, 11) is 0. The third-order valence-corrected chi connectivity index (χ3v) is 4.96. The Morgan fingerprint density at radius 1 is 0.967 bits per heavy atom. The Hall–Kier alpha value is -3.51. The van der Waals surface area contributed by atoms with Gasteiger partial charge in [-0.05, 0) is 48.5 Å². The number of carbonyl (C=O) groups excluding carboxylic acids is 2. The molecule has 0 atom stereocenters. The van der Waals surface area contributed by atoms with Crippen LogP contribution in [0.1, 0.15) is 18.5 Å². The maximum Gasteiger partial charge on any atom is 0.274 e. The van der Waals surface area contributed by atoms with Crippen LogP contribution in [0.4, 0.5) is 11.4 Å². The van der Waals surface area contributed by atoms with Crippen molar-refractivity contribution in [2.45, 2.75) is 19.4 Å². The zero-order chi connectivity index (χ0) is 20.9. The fourth-order valence-corrected chi connectivity index (χ4v) is 3.32. The summed E-state index contributed by atoms with van der Waals surface area (Å²) >= 11 is 6.02. The minimum Gasteiger partial charge on any atom is -0.301 e. The lowest BCUT2D eigenvalue weighted by molar-refractivity contribution is -0.118. The number of amides is 2. The van der Waals surface area contributed by atoms with Gasteiger partial charge in [-0.25, -0.2) is 5.01 Å². The van der Waals surface area contributed by atoms with Crippen LogP contribution in [-0.4, -0.2) is 22.5 Å². The number of hydrogen-bond donors (Lipinski definition) is 0. The SMILES string of the molecule is O=C(C1=NN(c2ccccc2)C(=O)CC1)N(Cc1ccccn1)c1ccc(Cl)cc1. The largest absolute Gasteiger partial charge is 0.301 e. The second-order valence-corrected chi connectivity index (χ2v) is 7.21. The summed E-state index contributed by atoms with van der Waals surface area (Å²) in [4.78, 5) is 31.8. The predicted molar refractivity (Wildman–Crippen MR) is 117 cm³/mol. The van der Waals surface area contributed by atoms with E-state index in [1.165, 1.54) is 5.01 Å². The lowest BCUT2D eigenvalue weighted by atomic mass is 10.1. The van der Waals surface area contributed by atoms with Crippen molar-refractivity contribution in [1.29, 1.82) is 0 Å². The number of aromatic nitrogens is 1. The standard InChI is InChI=1S/C23H19ClN4O2/c24-17-9-11-19(12-10-17)27(16-18-6-4-5-15-25-18)23(30)21-13-14-22(29)28(26-21)20-7-2-1-3-8-20/h1-12,15H,13-14,16H2. The van der Waals surface area contributed by atoms with Crippen molar-refractivity contribution in [3.05, 3.63) is 89.7 Å². The molecule has 6 nitrogen and oxygen atoms in total. The molecule has 0 N–H and O–H groups in total. The van der Waals surface area contributed by atoms with Gasteiger partial charge in [-0.2, -0.15) is 5.10 Å². The van der Waals surface area contributed by atoms with Crippen molar-refractivity contribution in [1.82, 2.24) is 4.98 Å². The van der Waals surface area contributed by atoms with Gasteiger partial charge in [-0.1, -0.05) is 35.9 Å². The van der Waals surface area contributed by atoms with Gasteiger partial charge in [0.1, 0.15) is 5.71 Å².